The van der Waals surface area contributed by atoms with E-state index in [1.54, 1.807) is 6.07 Å². The number of aliphatic imine (C=N–C) groups is 1. The highest BCUT2D eigenvalue weighted by molar-refractivity contribution is 14.0. The standard InChI is InChI=1S/C12H15ClN4O3.HI/c13-11-7-10(17(18)19)2-1-9(11)8-15-12(14)16-3-5-20-6-4-16;/h1-2,7H,3-6,8H2,(H2,14,15);1H. The summed E-state index contributed by atoms with van der Waals surface area (Å²) < 4.78 is 5.23. The summed E-state index contributed by atoms with van der Waals surface area (Å²) in [4.78, 5) is 16.3. The first-order valence-corrected chi connectivity index (χ1v) is 6.51. The second kappa shape index (κ2) is 8.35. The van der Waals surface area contributed by atoms with Crippen molar-refractivity contribution in [2.24, 2.45) is 10.7 Å². The van der Waals surface area contributed by atoms with Crippen LogP contribution >= 0.6 is 35.6 Å². The summed E-state index contributed by atoms with van der Waals surface area (Å²) in [6, 6.07) is 4.32. The lowest BCUT2D eigenvalue weighted by Crippen LogP contribution is -2.44. The third-order valence-corrected chi connectivity index (χ3v) is 3.35. The molecule has 2 N–H and O–H groups in total. The van der Waals surface area contributed by atoms with Gasteiger partial charge in [0.25, 0.3) is 5.69 Å². The predicted octanol–water partition coefficient (Wildman–Crippen LogP) is 2.01. The second-order valence-corrected chi connectivity index (χ2v) is 4.71. The number of nitro benzene ring substituents is 1. The first-order chi connectivity index (χ1) is 9.58. The second-order valence-electron chi connectivity index (χ2n) is 4.31. The number of guanidine groups is 1. The molecule has 116 valence electrons. The van der Waals surface area contributed by atoms with Gasteiger partial charge in [0.15, 0.2) is 5.96 Å². The number of non-ortho nitro benzene ring substituents is 1. The van der Waals surface area contributed by atoms with Gasteiger partial charge in [-0.15, -0.1) is 24.0 Å². The number of halogens is 2. The van der Waals surface area contributed by atoms with Crippen LogP contribution in [0.1, 0.15) is 5.56 Å². The summed E-state index contributed by atoms with van der Waals surface area (Å²) in [6.45, 7) is 2.98. The molecule has 0 saturated carbocycles. The van der Waals surface area contributed by atoms with Crippen LogP contribution in [0.15, 0.2) is 23.2 Å². The molecular weight excluding hydrogens is 411 g/mol. The maximum atomic E-state index is 10.6. The third kappa shape index (κ3) is 4.97. The van der Waals surface area contributed by atoms with Gasteiger partial charge in [-0.25, -0.2) is 4.99 Å². The SMILES string of the molecule is I.NC(=NCc1ccc([N+](=O)[O-])cc1Cl)N1CCOCC1. The van der Waals surface area contributed by atoms with E-state index >= 15 is 0 Å². The Balaban J connectivity index is 0.00000220. The van der Waals surface area contributed by atoms with E-state index in [9.17, 15) is 10.1 Å². The molecule has 21 heavy (non-hydrogen) atoms. The highest BCUT2D eigenvalue weighted by Crippen LogP contribution is 2.23. The number of rotatable bonds is 3. The normalized spacial score (nSPS) is 15.5. The van der Waals surface area contributed by atoms with E-state index < -0.39 is 4.92 Å². The maximum absolute atomic E-state index is 10.6. The van der Waals surface area contributed by atoms with Gasteiger partial charge < -0.3 is 15.4 Å². The fourth-order valence-corrected chi connectivity index (χ4v) is 2.07. The van der Waals surface area contributed by atoms with E-state index in [0.717, 1.165) is 0 Å². The molecule has 0 aromatic heterocycles. The van der Waals surface area contributed by atoms with Gasteiger partial charge in [-0.1, -0.05) is 11.6 Å². The number of nitro groups is 1. The Morgan fingerprint density at radius 3 is 2.71 bits per heavy atom. The summed E-state index contributed by atoms with van der Waals surface area (Å²) in [6.07, 6.45) is 0. The zero-order valence-electron chi connectivity index (χ0n) is 11.2. The Bertz CT molecular complexity index is 535. The largest absolute Gasteiger partial charge is 0.378 e. The van der Waals surface area contributed by atoms with Crippen LogP contribution in [-0.4, -0.2) is 42.1 Å². The minimum atomic E-state index is -0.485. The summed E-state index contributed by atoms with van der Waals surface area (Å²) in [5, 5.41) is 10.9. The van der Waals surface area contributed by atoms with Crippen molar-refractivity contribution in [1.29, 1.82) is 0 Å². The number of nitrogens with two attached hydrogens (primary N) is 1. The number of hydrogen-bond donors (Lipinski definition) is 1. The smallest absolute Gasteiger partial charge is 0.270 e. The quantitative estimate of drug-likeness (QED) is 0.262. The van der Waals surface area contributed by atoms with E-state index in [4.69, 9.17) is 22.1 Å². The molecule has 1 fully saturated rings. The molecular formula is C12H16ClIN4O3. The average molecular weight is 427 g/mol. The Hall–Kier alpha value is -1.13. The molecule has 1 aromatic carbocycles. The number of ether oxygens (including phenoxy) is 1. The summed E-state index contributed by atoms with van der Waals surface area (Å²) in [7, 11) is 0. The van der Waals surface area contributed by atoms with E-state index in [1.165, 1.54) is 12.1 Å². The fraction of sp³-hybridized carbons (Fsp3) is 0.417. The van der Waals surface area contributed by atoms with Gasteiger partial charge in [-0.2, -0.15) is 0 Å². The zero-order chi connectivity index (χ0) is 14.5. The summed E-state index contributed by atoms with van der Waals surface area (Å²) in [5.74, 6) is 0.433. The van der Waals surface area contributed by atoms with Crippen LogP contribution in [-0.2, 0) is 11.3 Å². The molecule has 0 aliphatic carbocycles. The monoisotopic (exact) mass is 426 g/mol. The van der Waals surface area contributed by atoms with Crippen molar-refractivity contribution in [2.75, 3.05) is 26.3 Å². The van der Waals surface area contributed by atoms with Gasteiger partial charge in [0, 0.05) is 25.2 Å². The lowest BCUT2D eigenvalue weighted by molar-refractivity contribution is -0.384. The Morgan fingerprint density at radius 1 is 1.48 bits per heavy atom. The molecule has 1 aromatic rings. The highest BCUT2D eigenvalue weighted by Gasteiger charge is 2.13. The van der Waals surface area contributed by atoms with Gasteiger partial charge in [-0.05, 0) is 11.6 Å². The van der Waals surface area contributed by atoms with Crippen molar-refractivity contribution >= 4 is 47.2 Å². The van der Waals surface area contributed by atoms with Crippen LogP contribution in [0.4, 0.5) is 5.69 Å². The molecule has 1 saturated heterocycles. The van der Waals surface area contributed by atoms with Gasteiger partial charge in [0.05, 0.1) is 29.7 Å². The fourth-order valence-electron chi connectivity index (χ4n) is 1.84. The summed E-state index contributed by atoms with van der Waals surface area (Å²) in [5.41, 5.74) is 6.56. The molecule has 2 rings (SSSR count). The summed E-state index contributed by atoms with van der Waals surface area (Å²) >= 11 is 5.99. The zero-order valence-corrected chi connectivity index (χ0v) is 14.3. The molecule has 1 aliphatic heterocycles. The lowest BCUT2D eigenvalue weighted by atomic mass is 10.2. The van der Waals surface area contributed by atoms with Gasteiger partial charge in [0.1, 0.15) is 0 Å². The molecule has 0 bridgehead atoms. The molecule has 0 radical (unpaired) electrons. The molecule has 1 aliphatic rings. The van der Waals surface area contributed by atoms with Crippen LogP contribution in [0.3, 0.4) is 0 Å². The van der Waals surface area contributed by atoms with Crippen molar-refractivity contribution in [3.05, 3.63) is 38.9 Å². The minimum absolute atomic E-state index is 0. The van der Waals surface area contributed by atoms with Crippen LogP contribution in [0, 0.1) is 10.1 Å². The van der Waals surface area contributed by atoms with Crippen LogP contribution in [0.5, 0.6) is 0 Å². The van der Waals surface area contributed by atoms with E-state index in [2.05, 4.69) is 4.99 Å². The minimum Gasteiger partial charge on any atom is -0.378 e. The number of nitrogens with zero attached hydrogens (tertiary/aromatic N) is 3. The molecule has 1 heterocycles. The van der Waals surface area contributed by atoms with Gasteiger partial charge in [0.2, 0.25) is 0 Å². The van der Waals surface area contributed by atoms with Crippen molar-refractivity contribution in [3.8, 4) is 0 Å². The Labute approximate surface area is 144 Å². The van der Waals surface area contributed by atoms with Crippen LogP contribution in [0.25, 0.3) is 0 Å². The van der Waals surface area contributed by atoms with E-state index in [1.807, 2.05) is 4.90 Å². The topological polar surface area (TPSA) is 94.0 Å². The molecule has 9 heteroatoms. The van der Waals surface area contributed by atoms with E-state index in [-0.39, 0.29) is 29.7 Å². The maximum Gasteiger partial charge on any atom is 0.270 e. The Kier molecular flexibility index (Phi) is 7.12. The van der Waals surface area contributed by atoms with E-state index in [0.29, 0.717) is 49.4 Å². The highest BCUT2D eigenvalue weighted by atomic mass is 127. The number of benzene rings is 1. The predicted molar refractivity (Wildman–Crippen MR) is 91.2 cm³/mol. The van der Waals surface area contributed by atoms with Gasteiger partial charge >= 0.3 is 0 Å². The average Bonchev–Trinajstić information content (AvgIpc) is 2.46. The van der Waals surface area contributed by atoms with Crippen molar-refractivity contribution < 1.29 is 9.66 Å². The molecule has 0 atom stereocenters. The van der Waals surface area contributed by atoms with Crippen LogP contribution in [0.2, 0.25) is 5.02 Å². The van der Waals surface area contributed by atoms with Crippen molar-refractivity contribution in [1.82, 2.24) is 4.90 Å². The van der Waals surface area contributed by atoms with Crippen molar-refractivity contribution in [2.45, 2.75) is 6.54 Å². The first-order valence-electron chi connectivity index (χ1n) is 6.13. The first kappa shape index (κ1) is 17.9. The number of morpholine rings is 1. The number of hydrogen-bond acceptors (Lipinski definition) is 4. The van der Waals surface area contributed by atoms with Crippen molar-refractivity contribution in [3.63, 3.8) is 0 Å². The van der Waals surface area contributed by atoms with Crippen LogP contribution < -0.4 is 5.73 Å². The Morgan fingerprint density at radius 2 is 2.14 bits per heavy atom. The molecule has 7 nitrogen and oxygen atoms in total. The molecule has 0 amide bonds. The molecule has 0 unspecified atom stereocenters. The third-order valence-electron chi connectivity index (χ3n) is 2.99. The lowest BCUT2D eigenvalue weighted by Gasteiger charge is -2.27. The molecule has 0 spiro atoms. The van der Waals surface area contributed by atoms with Gasteiger partial charge in [-0.3, -0.25) is 10.1 Å².